The summed E-state index contributed by atoms with van der Waals surface area (Å²) in [6.45, 7) is 8.26. The highest BCUT2D eigenvalue weighted by Gasteiger charge is 2.10. The van der Waals surface area contributed by atoms with E-state index in [2.05, 4.69) is 17.1 Å². The zero-order chi connectivity index (χ0) is 15.2. The minimum absolute atomic E-state index is 0.171. The van der Waals surface area contributed by atoms with E-state index in [-0.39, 0.29) is 6.10 Å². The molecule has 0 radical (unpaired) electrons. The largest absolute Gasteiger partial charge is 0.491 e. The maximum absolute atomic E-state index is 5.74. The molecule has 4 heteroatoms. The van der Waals surface area contributed by atoms with Crippen LogP contribution in [0.4, 0.5) is 0 Å². The Morgan fingerprint density at radius 1 is 1.24 bits per heavy atom. The Bertz CT molecular complexity index is 576. The number of rotatable bonds is 7. The Kier molecular flexibility index (Phi) is 5.37. The van der Waals surface area contributed by atoms with Crippen molar-refractivity contribution in [3.63, 3.8) is 0 Å². The molecule has 1 aromatic carbocycles. The highest BCUT2D eigenvalue weighted by Crippen LogP contribution is 2.25. The molecule has 2 rings (SSSR count). The van der Waals surface area contributed by atoms with Crippen LogP contribution in [0.2, 0.25) is 0 Å². The van der Waals surface area contributed by atoms with Crippen molar-refractivity contribution >= 4 is 0 Å². The number of unbranched alkanes of at least 4 members (excludes halogenated alkanes) is 2. The molecule has 21 heavy (non-hydrogen) atoms. The van der Waals surface area contributed by atoms with Gasteiger partial charge < -0.3 is 9.26 Å². The fourth-order valence-corrected chi connectivity index (χ4v) is 2.17. The van der Waals surface area contributed by atoms with Crippen molar-refractivity contribution in [2.75, 3.05) is 0 Å². The van der Waals surface area contributed by atoms with Gasteiger partial charge in [-0.1, -0.05) is 24.9 Å². The summed E-state index contributed by atoms with van der Waals surface area (Å²) in [4.78, 5) is 4.47. The Hall–Kier alpha value is -1.84. The minimum Gasteiger partial charge on any atom is -0.491 e. The lowest BCUT2D eigenvalue weighted by atomic mass is 10.1. The van der Waals surface area contributed by atoms with Crippen molar-refractivity contribution in [3.05, 3.63) is 29.7 Å². The average Bonchev–Trinajstić information content (AvgIpc) is 2.90. The maximum Gasteiger partial charge on any atom is 0.226 e. The van der Waals surface area contributed by atoms with Gasteiger partial charge in [0.05, 0.1) is 6.10 Å². The molecule has 0 bridgehead atoms. The Balaban J connectivity index is 2.09. The van der Waals surface area contributed by atoms with E-state index >= 15 is 0 Å². The number of benzene rings is 1. The van der Waals surface area contributed by atoms with Crippen LogP contribution in [-0.2, 0) is 6.42 Å². The molecule has 0 spiro atoms. The van der Waals surface area contributed by atoms with Crippen molar-refractivity contribution in [2.24, 2.45) is 0 Å². The van der Waals surface area contributed by atoms with Gasteiger partial charge in [0, 0.05) is 12.0 Å². The van der Waals surface area contributed by atoms with Gasteiger partial charge in [-0.2, -0.15) is 4.98 Å². The molecule has 0 fully saturated rings. The molecule has 0 unspecified atom stereocenters. The monoisotopic (exact) mass is 288 g/mol. The molecule has 4 nitrogen and oxygen atoms in total. The zero-order valence-electron chi connectivity index (χ0n) is 13.3. The van der Waals surface area contributed by atoms with Gasteiger partial charge in [0.2, 0.25) is 11.7 Å². The first-order chi connectivity index (χ1) is 10.1. The second-order valence-electron chi connectivity index (χ2n) is 5.62. The highest BCUT2D eigenvalue weighted by molar-refractivity contribution is 5.58. The van der Waals surface area contributed by atoms with Gasteiger partial charge >= 0.3 is 0 Å². The average molecular weight is 288 g/mol. The lowest BCUT2D eigenvalue weighted by Crippen LogP contribution is -2.06. The Morgan fingerprint density at radius 2 is 2.05 bits per heavy atom. The summed E-state index contributed by atoms with van der Waals surface area (Å²) >= 11 is 0. The molecule has 0 aliphatic carbocycles. The third-order valence-electron chi connectivity index (χ3n) is 3.26. The first-order valence-corrected chi connectivity index (χ1v) is 7.70. The fraction of sp³-hybridized carbons (Fsp3) is 0.529. The third kappa shape index (κ3) is 4.31. The van der Waals surface area contributed by atoms with Crippen molar-refractivity contribution in [2.45, 2.75) is 59.5 Å². The number of ether oxygens (including phenoxy) is 1. The van der Waals surface area contributed by atoms with Crippen LogP contribution < -0.4 is 4.74 Å². The predicted molar refractivity (Wildman–Crippen MR) is 83.5 cm³/mol. The Labute approximate surface area is 126 Å². The van der Waals surface area contributed by atoms with Crippen LogP contribution >= 0.6 is 0 Å². The van der Waals surface area contributed by atoms with Crippen LogP contribution in [0.15, 0.2) is 22.7 Å². The van der Waals surface area contributed by atoms with E-state index < -0.39 is 0 Å². The van der Waals surface area contributed by atoms with E-state index in [4.69, 9.17) is 9.26 Å². The molecule has 0 N–H and O–H groups in total. The van der Waals surface area contributed by atoms with Crippen molar-refractivity contribution in [1.82, 2.24) is 10.1 Å². The van der Waals surface area contributed by atoms with Gasteiger partial charge in [0.1, 0.15) is 5.75 Å². The molecule has 1 heterocycles. The van der Waals surface area contributed by atoms with Crippen LogP contribution in [0.3, 0.4) is 0 Å². The number of aromatic nitrogens is 2. The fourth-order valence-electron chi connectivity index (χ4n) is 2.17. The predicted octanol–water partition coefficient (Wildman–Crippen LogP) is 4.56. The van der Waals surface area contributed by atoms with Gasteiger partial charge in [0.15, 0.2) is 0 Å². The highest BCUT2D eigenvalue weighted by atomic mass is 16.5. The molecular formula is C17H24N2O2. The van der Waals surface area contributed by atoms with E-state index in [0.29, 0.717) is 5.82 Å². The number of nitrogens with zero attached hydrogens (tertiary/aromatic N) is 2. The van der Waals surface area contributed by atoms with Crippen molar-refractivity contribution in [3.8, 4) is 17.1 Å². The molecule has 0 aliphatic heterocycles. The quantitative estimate of drug-likeness (QED) is 0.700. The van der Waals surface area contributed by atoms with E-state index in [1.165, 1.54) is 12.8 Å². The lowest BCUT2D eigenvalue weighted by Gasteiger charge is -2.12. The molecule has 0 atom stereocenters. The Morgan fingerprint density at radius 3 is 2.71 bits per heavy atom. The molecule has 0 amide bonds. The standard InChI is InChI=1S/C17H24N2O2/c1-5-6-7-8-16-18-17(19-21-16)14-9-10-15(13(4)11-14)20-12(2)3/h9-12H,5-8H2,1-4H3. The summed E-state index contributed by atoms with van der Waals surface area (Å²) in [5, 5.41) is 4.07. The third-order valence-corrected chi connectivity index (χ3v) is 3.26. The molecule has 114 valence electrons. The summed E-state index contributed by atoms with van der Waals surface area (Å²) < 4.78 is 11.1. The SMILES string of the molecule is CCCCCc1nc(-c2ccc(OC(C)C)c(C)c2)no1. The van der Waals surface area contributed by atoms with Gasteiger partial charge in [-0.05, 0) is 51.0 Å². The smallest absolute Gasteiger partial charge is 0.226 e. The summed E-state index contributed by atoms with van der Waals surface area (Å²) in [7, 11) is 0. The summed E-state index contributed by atoms with van der Waals surface area (Å²) in [6.07, 6.45) is 4.51. The maximum atomic E-state index is 5.74. The summed E-state index contributed by atoms with van der Waals surface area (Å²) in [5.74, 6) is 2.28. The second kappa shape index (κ2) is 7.25. The van der Waals surface area contributed by atoms with Crippen LogP contribution in [-0.4, -0.2) is 16.2 Å². The second-order valence-corrected chi connectivity index (χ2v) is 5.62. The molecule has 0 saturated carbocycles. The number of hydrogen-bond acceptors (Lipinski definition) is 4. The molecular weight excluding hydrogens is 264 g/mol. The minimum atomic E-state index is 0.171. The van der Waals surface area contributed by atoms with E-state index in [0.717, 1.165) is 35.6 Å². The van der Waals surface area contributed by atoms with E-state index in [1.54, 1.807) is 0 Å². The van der Waals surface area contributed by atoms with Crippen LogP contribution in [0.25, 0.3) is 11.4 Å². The summed E-state index contributed by atoms with van der Waals surface area (Å²) in [6, 6.07) is 5.99. The van der Waals surface area contributed by atoms with Gasteiger partial charge in [-0.15, -0.1) is 0 Å². The molecule has 0 saturated heterocycles. The molecule has 1 aromatic heterocycles. The van der Waals surface area contributed by atoms with Crippen LogP contribution in [0, 0.1) is 6.92 Å². The van der Waals surface area contributed by atoms with Gasteiger partial charge in [-0.25, -0.2) is 0 Å². The van der Waals surface area contributed by atoms with Gasteiger partial charge in [0.25, 0.3) is 0 Å². The van der Waals surface area contributed by atoms with E-state index in [1.807, 2.05) is 39.0 Å². The van der Waals surface area contributed by atoms with Crippen molar-refractivity contribution in [1.29, 1.82) is 0 Å². The topological polar surface area (TPSA) is 48.2 Å². The molecule has 2 aromatic rings. The van der Waals surface area contributed by atoms with E-state index in [9.17, 15) is 0 Å². The first-order valence-electron chi connectivity index (χ1n) is 7.70. The van der Waals surface area contributed by atoms with Gasteiger partial charge in [-0.3, -0.25) is 0 Å². The number of aryl methyl sites for hydroxylation is 2. The molecule has 0 aliphatic rings. The van der Waals surface area contributed by atoms with Crippen LogP contribution in [0.5, 0.6) is 5.75 Å². The summed E-state index contributed by atoms with van der Waals surface area (Å²) in [5.41, 5.74) is 2.05. The normalized spacial score (nSPS) is 11.1. The zero-order valence-corrected chi connectivity index (χ0v) is 13.3. The lowest BCUT2D eigenvalue weighted by molar-refractivity contribution is 0.241. The first kappa shape index (κ1) is 15.5. The van der Waals surface area contributed by atoms with Crippen molar-refractivity contribution < 1.29 is 9.26 Å². The van der Waals surface area contributed by atoms with Crippen LogP contribution in [0.1, 0.15) is 51.5 Å². The number of hydrogen-bond donors (Lipinski definition) is 0.